The van der Waals surface area contributed by atoms with Gasteiger partial charge in [-0.1, -0.05) is 0 Å². The Morgan fingerprint density at radius 1 is 1.45 bits per heavy atom. The Hall–Kier alpha value is -1.93. The number of hydrogen-bond acceptors (Lipinski definition) is 5. The number of carboxylic acid groups (broad SMARTS) is 1. The van der Waals surface area contributed by atoms with E-state index in [0.29, 0.717) is 11.4 Å². The van der Waals surface area contributed by atoms with Crippen LogP contribution < -0.4 is 0 Å². The van der Waals surface area contributed by atoms with Crippen LogP contribution in [0.5, 0.6) is 0 Å². The maximum atomic E-state index is 12.7. The minimum Gasteiger partial charge on any atom is -0.479 e. The summed E-state index contributed by atoms with van der Waals surface area (Å²) in [6.07, 6.45) is -1.26. The molecule has 0 aliphatic carbocycles. The molecule has 1 unspecified atom stereocenters. The molecule has 1 saturated heterocycles. The molecule has 1 aliphatic rings. The van der Waals surface area contributed by atoms with Gasteiger partial charge in [-0.25, -0.2) is 4.79 Å². The Morgan fingerprint density at radius 3 is 2.82 bits per heavy atom. The molecule has 2 aromatic rings. The molecule has 22 heavy (non-hydrogen) atoms. The van der Waals surface area contributed by atoms with Crippen molar-refractivity contribution in [2.45, 2.75) is 26.1 Å². The van der Waals surface area contributed by atoms with Gasteiger partial charge in [0.2, 0.25) is 0 Å². The van der Waals surface area contributed by atoms with Gasteiger partial charge in [0, 0.05) is 19.0 Å². The minimum atomic E-state index is -1.04. The lowest BCUT2D eigenvalue weighted by molar-refractivity contribution is -0.160. The fourth-order valence-corrected chi connectivity index (χ4v) is 3.81. The highest BCUT2D eigenvalue weighted by atomic mass is 32.1. The van der Waals surface area contributed by atoms with Crippen molar-refractivity contribution < 1.29 is 19.4 Å². The van der Waals surface area contributed by atoms with Crippen molar-refractivity contribution in [3.05, 3.63) is 16.6 Å². The number of aromatic nitrogens is 2. The molecule has 7 nitrogen and oxygen atoms in total. The van der Waals surface area contributed by atoms with Crippen molar-refractivity contribution in [2.24, 2.45) is 7.05 Å². The van der Waals surface area contributed by atoms with Crippen molar-refractivity contribution in [3.63, 3.8) is 0 Å². The fourth-order valence-electron chi connectivity index (χ4n) is 2.72. The van der Waals surface area contributed by atoms with Crippen LogP contribution in [-0.2, 0) is 16.6 Å². The second-order valence-corrected chi connectivity index (χ2v) is 6.55. The van der Waals surface area contributed by atoms with Gasteiger partial charge < -0.3 is 14.7 Å². The molecule has 1 amide bonds. The smallest absolute Gasteiger partial charge is 0.334 e. The van der Waals surface area contributed by atoms with Crippen molar-refractivity contribution in [1.82, 2.24) is 14.7 Å². The Morgan fingerprint density at radius 2 is 2.18 bits per heavy atom. The summed E-state index contributed by atoms with van der Waals surface area (Å²) in [6.45, 7) is 4.15. The van der Waals surface area contributed by atoms with E-state index in [2.05, 4.69) is 5.10 Å². The van der Waals surface area contributed by atoms with Gasteiger partial charge in [0.05, 0.1) is 23.2 Å². The zero-order valence-electron chi connectivity index (χ0n) is 12.6. The molecule has 3 heterocycles. The number of amides is 1. The molecular formula is C14H17N3O4S. The number of morpholine rings is 1. The van der Waals surface area contributed by atoms with Crippen LogP contribution in [0.2, 0.25) is 0 Å². The third-order valence-corrected chi connectivity index (χ3v) is 4.92. The Kier molecular flexibility index (Phi) is 3.65. The number of carbonyl (C=O) groups excluding carboxylic acids is 1. The lowest BCUT2D eigenvalue weighted by Gasteiger charge is -2.34. The second-order valence-electron chi connectivity index (χ2n) is 5.52. The third-order valence-electron chi connectivity index (χ3n) is 3.73. The first-order valence-electron chi connectivity index (χ1n) is 6.97. The number of hydrogen-bond donors (Lipinski definition) is 1. The highest BCUT2D eigenvalue weighted by Gasteiger charge is 2.33. The zero-order valence-corrected chi connectivity index (χ0v) is 13.4. The van der Waals surface area contributed by atoms with Crippen molar-refractivity contribution in [1.29, 1.82) is 0 Å². The van der Waals surface area contributed by atoms with Crippen LogP contribution in [0, 0.1) is 6.92 Å². The molecule has 0 aromatic carbocycles. The number of carbonyl (C=O) groups is 2. The summed E-state index contributed by atoms with van der Waals surface area (Å²) >= 11 is 1.38. The summed E-state index contributed by atoms with van der Waals surface area (Å²) in [5.74, 6) is -1.19. The predicted octanol–water partition coefficient (Wildman–Crippen LogP) is 1.26. The average Bonchev–Trinajstić information content (AvgIpc) is 3.00. The number of aryl methyl sites for hydroxylation is 2. The van der Waals surface area contributed by atoms with Gasteiger partial charge in [-0.15, -0.1) is 11.3 Å². The first-order valence-corrected chi connectivity index (χ1v) is 7.79. The first kappa shape index (κ1) is 15.0. The Balaban J connectivity index is 1.88. The molecule has 0 spiro atoms. The molecular weight excluding hydrogens is 306 g/mol. The summed E-state index contributed by atoms with van der Waals surface area (Å²) < 4.78 is 7.10. The summed E-state index contributed by atoms with van der Waals surface area (Å²) in [6, 6.07) is 1.83. The highest BCUT2D eigenvalue weighted by Crippen LogP contribution is 2.29. The number of carboxylic acids is 1. The van der Waals surface area contributed by atoms with Crippen LogP contribution in [0.4, 0.5) is 0 Å². The van der Waals surface area contributed by atoms with E-state index in [9.17, 15) is 9.59 Å². The van der Waals surface area contributed by atoms with Crippen LogP contribution in [-0.4, -0.2) is 57.0 Å². The van der Waals surface area contributed by atoms with Gasteiger partial charge in [0.25, 0.3) is 5.91 Å². The summed E-state index contributed by atoms with van der Waals surface area (Å²) in [7, 11) is 1.84. The molecule has 2 aromatic heterocycles. The van der Waals surface area contributed by atoms with E-state index >= 15 is 0 Å². The maximum absolute atomic E-state index is 12.7. The number of nitrogens with zero attached hydrogens (tertiary/aromatic N) is 3. The molecule has 1 fully saturated rings. The van der Waals surface area contributed by atoms with Gasteiger partial charge in [0.15, 0.2) is 6.10 Å². The lowest BCUT2D eigenvalue weighted by Crippen LogP contribution is -2.51. The molecule has 2 atom stereocenters. The monoisotopic (exact) mass is 323 g/mol. The Bertz CT molecular complexity index is 716. The maximum Gasteiger partial charge on any atom is 0.334 e. The first-order chi connectivity index (χ1) is 10.4. The minimum absolute atomic E-state index is 0.0734. The number of thiophene rings is 1. The van der Waals surface area contributed by atoms with Crippen LogP contribution in [0.15, 0.2) is 6.07 Å². The Labute approximate surface area is 131 Å². The molecule has 0 radical (unpaired) electrons. The molecule has 1 aliphatic heterocycles. The molecule has 118 valence electrons. The molecule has 0 bridgehead atoms. The number of aliphatic carboxylic acids is 1. The normalized spacial score (nSPS) is 22.2. The van der Waals surface area contributed by atoms with E-state index in [1.54, 1.807) is 16.5 Å². The van der Waals surface area contributed by atoms with Gasteiger partial charge in [-0.05, 0) is 19.9 Å². The summed E-state index contributed by atoms with van der Waals surface area (Å²) in [5, 5.41) is 14.4. The van der Waals surface area contributed by atoms with Gasteiger partial charge in [0.1, 0.15) is 4.83 Å². The third kappa shape index (κ3) is 2.48. The molecule has 1 N–H and O–H groups in total. The van der Waals surface area contributed by atoms with E-state index in [0.717, 1.165) is 15.9 Å². The standard InChI is InChI=1S/C14H17N3O4S/c1-7-5-17(6-10(21-7)14(19)20)12(18)11-4-9-8(2)15-16(3)13(9)22-11/h4,7,10H,5-6H2,1-3H3,(H,19,20)/t7-,10?/m1/s1. The molecule has 3 rings (SSSR count). The van der Waals surface area contributed by atoms with Crippen LogP contribution in [0.1, 0.15) is 22.3 Å². The van der Waals surface area contributed by atoms with Crippen molar-refractivity contribution in [2.75, 3.05) is 13.1 Å². The number of ether oxygens (including phenoxy) is 1. The van der Waals surface area contributed by atoms with Crippen LogP contribution in [0.25, 0.3) is 10.2 Å². The SMILES string of the molecule is Cc1nn(C)c2sc(C(=O)N3CC(C(=O)O)O[C@H](C)C3)cc12. The molecule has 8 heteroatoms. The highest BCUT2D eigenvalue weighted by molar-refractivity contribution is 7.20. The topological polar surface area (TPSA) is 84.7 Å². The lowest BCUT2D eigenvalue weighted by atomic mass is 10.2. The van der Waals surface area contributed by atoms with Gasteiger partial charge >= 0.3 is 5.97 Å². The summed E-state index contributed by atoms with van der Waals surface area (Å²) in [5.41, 5.74) is 0.881. The van der Waals surface area contributed by atoms with E-state index in [1.165, 1.54) is 11.3 Å². The van der Waals surface area contributed by atoms with Crippen LogP contribution in [0.3, 0.4) is 0 Å². The van der Waals surface area contributed by atoms with Crippen LogP contribution >= 0.6 is 11.3 Å². The summed E-state index contributed by atoms with van der Waals surface area (Å²) in [4.78, 5) is 26.9. The van der Waals surface area contributed by atoms with Crippen molar-refractivity contribution in [3.8, 4) is 0 Å². The van der Waals surface area contributed by atoms with Gasteiger partial charge in [-0.3, -0.25) is 9.48 Å². The number of fused-ring (bicyclic) bond motifs is 1. The van der Waals surface area contributed by atoms with E-state index < -0.39 is 12.1 Å². The van der Waals surface area contributed by atoms with Gasteiger partial charge in [-0.2, -0.15) is 5.10 Å². The predicted molar refractivity (Wildman–Crippen MR) is 81.2 cm³/mol. The largest absolute Gasteiger partial charge is 0.479 e. The fraction of sp³-hybridized carbons (Fsp3) is 0.500. The number of rotatable bonds is 2. The zero-order chi connectivity index (χ0) is 16.0. The second kappa shape index (κ2) is 5.36. The van der Waals surface area contributed by atoms with Crippen molar-refractivity contribution >= 4 is 33.4 Å². The van der Waals surface area contributed by atoms with E-state index in [1.807, 2.05) is 20.0 Å². The quantitative estimate of drug-likeness (QED) is 0.899. The van der Waals surface area contributed by atoms with E-state index in [-0.39, 0.29) is 18.6 Å². The molecule has 0 saturated carbocycles. The average molecular weight is 323 g/mol. The van der Waals surface area contributed by atoms with E-state index in [4.69, 9.17) is 9.84 Å².